The lowest BCUT2D eigenvalue weighted by Gasteiger charge is -2.26. The van der Waals surface area contributed by atoms with Crippen LogP contribution < -0.4 is 10.6 Å². The molecule has 2 N–H and O–H groups in total. The second kappa shape index (κ2) is 4.34. The summed E-state index contributed by atoms with van der Waals surface area (Å²) in [4.78, 5) is 12.1. The number of rotatable bonds is 2. The zero-order valence-corrected chi connectivity index (χ0v) is 9.58. The molecule has 4 atom stereocenters. The predicted octanol–water partition coefficient (Wildman–Crippen LogP) is 0.422. The van der Waals surface area contributed by atoms with Crippen molar-refractivity contribution in [2.24, 2.45) is 5.92 Å². The van der Waals surface area contributed by atoms with Crippen molar-refractivity contribution >= 4 is 5.91 Å². The van der Waals surface area contributed by atoms with Crippen LogP contribution in [0.5, 0.6) is 0 Å². The topological polar surface area (TPSA) is 50.4 Å². The second-order valence-electron chi connectivity index (χ2n) is 5.27. The normalized spacial score (nSPS) is 42.2. The molecule has 4 nitrogen and oxygen atoms in total. The number of fused-ring (bicyclic) bond motifs is 2. The molecule has 3 rings (SSSR count). The minimum atomic E-state index is 0.126. The van der Waals surface area contributed by atoms with E-state index in [0.717, 1.165) is 45.2 Å². The van der Waals surface area contributed by atoms with Crippen LogP contribution in [0, 0.1) is 5.92 Å². The molecule has 90 valence electrons. The highest BCUT2D eigenvalue weighted by Gasteiger charge is 2.44. The first-order valence-electron chi connectivity index (χ1n) is 6.49. The molecule has 0 saturated carbocycles. The predicted molar refractivity (Wildman–Crippen MR) is 60.0 cm³/mol. The molecule has 3 saturated heterocycles. The number of nitrogens with one attached hydrogen (secondary N) is 2. The number of carbonyl (C=O) groups is 1. The maximum Gasteiger partial charge on any atom is 0.226 e. The van der Waals surface area contributed by atoms with Crippen molar-refractivity contribution in [2.45, 2.75) is 50.4 Å². The van der Waals surface area contributed by atoms with Crippen LogP contribution in [0.25, 0.3) is 0 Å². The number of hydrogen-bond acceptors (Lipinski definition) is 3. The number of hydrogen-bond donors (Lipinski definition) is 2. The van der Waals surface area contributed by atoms with Gasteiger partial charge in [-0.25, -0.2) is 0 Å². The highest BCUT2D eigenvalue weighted by Crippen LogP contribution is 2.38. The van der Waals surface area contributed by atoms with Gasteiger partial charge in [-0.05, 0) is 38.6 Å². The van der Waals surface area contributed by atoms with Crippen molar-refractivity contribution in [3.8, 4) is 0 Å². The molecular formula is C12H20N2O2. The summed E-state index contributed by atoms with van der Waals surface area (Å²) in [6.45, 7) is 2.01. The van der Waals surface area contributed by atoms with E-state index in [-0.39, 0.29) is 17.9 Å². The van der Waals surface area contributed by atoms with Gasteiger partial charge in [-0.1, -0.05) is 0 Å². The van der Waals surface area contributed by atoms with Crippen molar-refractivity contribution in [1.82, 2.24) is 10.6 Å². The van der Waals surface area contributed by atoms with Gasteiger partial charge in [-0.15, -0.1) is 0 Å². The number of piperidine rings is 1. The van der Waals surface area contributed by atoms with Gasteiger partial charge in [0.15, 0.2) is 0 Å². The fourth-order valence-electron chi connectivity index (χ4n) is 3.20. The van der Waals surface area contributed by atoms with E-state index < -0.39 is 0 Å². The van der Waals surface area contributed by atoms with Crippen LogP contribution in [-0.4, -0.2) is 37.2 Å². The Morgan fingerprint density at radius 3 is 2.88 bits per heavy atom. The number of amides is 1. The van der Waals surface area contributed by atoms with Gasteiger partial charge in [0.2, 0.25) is 5.91 Å². The summed E-state index contributed by atoms with van der Waals surface area (Å²) in [6, 6.07) is 0.334. The molecule has 3 aliphatic rings. The Labute approximate surface area is 96.1 Å². The molecular weight excluding hydrogens is 204 g/mol. The zero-order valence-electron chi connectivity index (χ0n) is 9.58. The average Bonchev–Trinajstić information content (AvgIpc) is 2.92. The van der Waals surface area contributed by atoms with E-state index in [0.29, 0.717) is 12.1 Å². The van der Waals surface area contributed by atoms with Crippen LogP contribution >= 0.6 is 0 Å². The van der Waals surface area contributed by atoms with E-state index in [2.05, 4.69) is 10.6 Å². The molecule has 3 unspecified atom stereocenters. The monoisotopic (exact) mass is 224 g/mol. The van der Waals surface area contributed by atoms with Crippen molar-refractivity contribution in [2.75, 3.05) is 13.1 Å². The third kappa shape index (κ3) is 1.96. The van der Waals surface area contributed by atoms with Gasteiger partial charge < -0.3 is 15.4 Å². The van der Waals surface area contributed by atoms with E-state index in [4.69, 9.17) is 4.74 Å². The standard InChI is InChI=1S/C12H20N2O2/c15-12(14-8-2-1-5-13-7-8)10-6-9-3-4-11(10)16-9/h8-11,13H,1-7H2,(H,14,15)/t8-,9?,10?,11?/m0/s1. The SMILES string of the molecule is O=C(N[C@H]1CCCNC1)C1CC2CCC1O2. The lowest BCUT2D eigenvalue weighted by atomic mass is 9.88. The van der Waals surface area contributed by atoms with Gasteiger partial charge in [-0.2, -0.15) is 0 Å². The average molecular weight is 224 g/mol. The minimum absolute atomic E-state index is 0.126. The van der Waals surface area contributed by atoms with Crippen LogP contribution in [0.1, 0.15) is 32.1 Å². The van der Waals surface area contributed by atoms with Gasteiger partial charge in [0, 0.05) is 12.6 Å². The van der Waals surface area contributed by atoms with Crippen LogP contribution in [0.15, 0.2) is 0 Å². The third-order valence-electron chi connectivity index (χ3n) is 4.09. The van der Waals surface area contributed by atoms with Gasteiger partial charge in [0.1, 0.15) is 0 Å². The quantitative estimate of drug-likeness (QED) is 0.715. The molecule has 0 radical (unpaired) electrons. The van der Waals surface area contributed by atoms with Crippen molar-refractivity contribution < 1.29 is 9.53 Å². The zero-order chi connectivity index (χ0) is 11.0. The number of carbonyl (C=O) groups excluding carboxylic acids is 1. The molecule has 0 aliphatic carbocycles. The molecule has 0 aromatic carbocycles. The lowest BCUT2D eigenvalue weighted by Crippen LogP contribution is -2.48. The highest BCUT2D eigenvalue weighted by molar-refractivity contribution is 5.80. The smallest absolute Gasteiger partial charge is 0.226 e. The Morgan fingerprint density at radius 2 is 2.25 bits per heavy atom. The summed E-state index contributed by atoms with van der Waals surface area (Å²) in [7, 11) is 0. The molecule has 0 spiro atoms. The Kier molecular flexibility index (Phi) is 2.86. The van der Waals surface area contributed by atoms with E-state index in [1.807, 2.05) is 0 Å². The van der Waals surface area contributed by atoms with Crippen molar-refractivity contribution in [1.29, 1.82) is 0 Å². The summed E-state index contributed by atoms with van der Waals surface area (Å²) in [5.41, 5.74) is 0. The van der Waals surface area contributed by atoms with Crippen LogP contribution in [0.4, 0.5) is 0 Å². The Balaban J connectivity index is 1.53. The largest absolute Gasteiger partial charge is 0.374 e. The third-order valence-corrected chi connectivity index (χ3v) is 4.09. The van der Waals surface area contributed by atoms with E-state index in [9.17, 15) is 4.79 Å². The summed E-state index contributed by atoms with van der Waals surface area (Å²) in [5.74, 6) is 0.349. The summed E-state index contributed by atoms with van der Waals surface area (Å²) < 4.78 is 5.72. The maximum atomic E-state index is 12.1. The number of ether oxygens (including phenoxy) is 1. The molecule has 3 aliphatic heterocycles. The molecule has 0 aromatic heterocycles. The molecule has 1 amide bonds. The van der Waals surface area contributed by atoms with E-state index >= 15 is 0 Å². The van der Waals surface area contributed by atoms with Gasteiger partial charge in [-0.3, -0.25) is 4.79 Å². The summed E-state index contributed by atoms with van der Waals surface area (Å²) in [6.07, 6.45) is 6.02. The van der Waals surface area contributed by atoms with Crippen molar-refractivity contribution in [3.05, 3.63) is 0 Å². The molecule has 4 heteroatoms. The minimum Gasteiger partial charge on any atom is -0.374 e. The lowest BCUT2D eigenvalue weighted by molar-refractivity contribution is -0.127. The molecule has 3 heterocycles. The van der Waals surface area contributed by atoms with Crippen LogP contribution in [0.3, 0.4) is 0 Å². The van der Waals surface area contributed by atoms with E-state index in [1.54, 1.807) is 0 Å². The first-order chi connectivity index (χ1) is 7.83. The van der Waals surface area contributed by atoms with Crippen molar-refractivity contribution in [3.63, 3.8) is 0 Å². The summed E-state index contributed by atoms with van der Waals surface area (Å²) in [5, 5.41) is 6.48. The fraction of sp³-hybridized carbons (Fsp3) is 0.917. The van der Waals surface area contributed by atoms with Gasteiger partial charge in [0.05, 0.1) is 18.1 Å². The maximum absolute atomic E-state index is 12.1. The molecule has 0 aromatic rings. The highest BCUT2D eigenvalue weighted by atomic mass is 16.5. The Bertz CT molecular complexity index is 276. The Hall–Kier alpha value is -0.610. The summed E-state index contributed by atoms with van der Waals surface area (Å²) >= 11 is 0. The molecule has 16 heavy (non-hydrogen) atoms. The van der Waals surface area contributed by atoms with Gasteiger partial charge in [0.25, 0.3) is 0 Å². The van der Waals surface area contributed by atoms with Gasteiger partial charge >= 0.3 is 0 Å². The fourth-order valence-corrected chi connectivity index (χ4v) is 3.20. The van der Waals surface area contributed by atoms with Crippen LogP contribution in [-0.2, 0) is 9.53 Å². The second-order valence-corrected chi connectivity index (χ2v) is 5.27. The van der Waals surface area contributed by atoms with E-state index in [1.165, 1.54) is 0 Å². The molecule has 2 bridgehead atoms. The first kappa shape index (κ1) is 10.5. The Morgan fingerprint density at radius 1 is 1.31 bits per heavy atom. The first-order valence-corrected chi connectivity index (χ1v) is 6.49. The molecule has 3 fully saturated rings. The van der Waals surface area contributed by atoms with Crippen LogP contribution in [0.2, 0.25) is 0 Å².